The zero-order chi connectivity index (χ0) is 26.1. The number of piperidine rings is 1. The molecule has 7 nitrogen and oxygen atoms in total. The van der Waals surface area contributed by atoms with Crippen molar-refractivity contribution in [3.63, 3.8) is 0 Å². The summed E-state index contributed by atoms with van der Waals surface area (Å²) in [6.45, 7) is 1.58. The first-order valence-electron chi connectivity index (χ1n) is 11.4. The lowest BCUT2D eigenvalue weighted by atomic mass is 9.87. The lowest BCUT2D eigenvalue weighted by Crippen LogP contribution is -2.49. The molecular formula is C25H27ClFN3O4S2. The van der Waals surface area contributed by atoms with E-state index in [1.165, 1.54) is 11.0 Å². The summed E-state index contributed by atoms with van der Waals surface area (Å²) in [4.78, 5) is 16.7. The SMILES string of the molecule is CN(CCO)Cc1ccccc1-c1ccc(N2CCCC(F)(c3cc(Cl)sc3S(N)(=O)=O)C2=O)cc1. The molecule has 0 aliphatic carbocycles. The third kappa shape index (κ3) is 5.34. The van der Waals surface area contributed by atoms with Gasteiger partial charge in [-0.1, -0.05) is 48.0 Å². The van der Waals surface area contributed by atoms with Gasteiger partial charge < -0.3 is 10.0 Å². The van der Waals surface area contributed by atoms with Crippen LogP contribution < -0.4 is 10.0 Å². The summed E-state index contributed by atoms with van der Waals surface area (Å²) in [5, 5.41) is 14.5. The topological polar surface area (TPSA) is 104 Å². The minimum absolute atomic E-state index is 0.0450. The van der Waals surface area contributed by atoms with Crippen molar-refractivity contribution in [2.24, 2.45) is 5.14 Å². The maximum Gasteiger partial charge on any atom is 0.269 e. The van der Waals surface area contributed by atoms with Crippen LogP contribution in [-0.2, 0) is 27.0 Å². The molecule has 1 atom stereocenters. The van der Waals surface area contributed by atoms with E-state index in [0.29, 0.717) is 43.1 Å². The van der Waals surface area contributed by atoms with Crippen LogP contribution >= 0.6 is 22.9 Å². The molecule has 1 aliphatic rings. The number of nitrogens with two attached hydrogens (primary N) is 1. The third-order valence-electron chi connectivity index (χ3n) is 6.27. The lowest BCUT2D eigenvalue weighted by Gasteiger charge is -2.36. The molecule has 4 rings (SSSR count). The molecule has 3 aromatic rings. The number of sulfonamides is 1. The first kappa shape index (κ1) is 26.7. The molecule has 0 spiro atoms. The molecule has 3 N–H and O–H groups in total. The smallest absolute Gasteiger partial charge is 0.269 e. The lowest BCUT2D eigenvalue weighted by molar-refractivity contribution is -0.133. The second-order valence-corrected chi connectivity index (χ2v) is 12.3. The Labute approximate surface area is 219 Å². The molecule has 1 unspecified atom stereocenters. The van der Waals surface area contributed by atoms with Crippen LogP contribution in [0.25, 0.3) is 11.1 Å². The third-order valence-corrected chi connectivity index (χ3v) is 9.01. The van der Waals surface area contributed by atoms with Gasteiger partial charge in [0, 0.05) is 30.9 Å². The van der Waals surface area contributed by atoms with Gasteiger partial charge in [-0.15, -0.1) is 11.3 Å². The summed E-state index contributed by atoms with van der Waals surface area (Å²) >= 11 is 6.63. The summed E-state index contributed by atoms with van der Waals surface area (Å²) in [5.74, 6) is -0.841. The molecule has 1 aliphatic heterocycles. The number of benzene rings is 2. The highest BCUT2D eigenvalue weighted by molar-refractivity contribution is 7.91. The van der Waals surface area contributed by atoms with Gasteiger partial charge in [0.25, 0.3) is 5.91 Å². The summed E-state index contributed by atoms with van der Waals surface area (Å²) in [5.41, 5.74) is 0.703. The fourth-order valence-corrected chi connectivity index (χ4v) is 6.96. The van der Waals surface area contributed by atoms with E-state index in [0.717, 1.165) is 16.7 Å². The van der Waals surface area contributed by atoms with Crippen LogP contribution in [0.2, 0.25) is 4.34 Å². The van der Waals surface area contributed by atoms with Gasteiger partial charge in [0.05, 0.1) is 10.9 Å². The van der Waals surface area contributed by atoms with E-state index in [-0.39, 0.29) is 22.9 Å². The largest absolute Gasteiger partial charge is 0.395 e. The second kappa shape index (κ2) is 10.6. The molecule has 1 amide bonds. The van der Waals surface area contributed by atoms with E-state index in [9.17, 15) is 18.3 Å². The van der Waals surface area contributed by atoms with E-state index in [2.05, 4.69) is 0 Å². The maximum absolute atomic E-state index is 16.2. The van der Waals surface area contributed by atoms with Crippen LogP contribution in [0, 0.1) is 0 Å². The summed E-state index contributed by atoms with van der Waals surface area (Å²) in [6.07, 6.45) is 0.173. The number of carbonyl (C=O) groups excluding carboxylic acids is 1. The molecule has 36 heavy (non-hydrogen) atoms. The fraction of sp³-hybridized carbons (Fsp3) is 0.320. The van der Waals surface area contributed by atoms with Crippen LogP contribution in [0.1, 0.15) is 24.0 Å². The average molecular weight is 552 g/mol. The van der Waals surface area contributed by atoms with Gasteiger partial charge in [0.2, 0.25) is 15.7 Å². The van der Waals surface area contributed by atoms with Gasteiger partial charge in [-0.25, -0.2) is 17.9 Å². The Morgan fingerprint density at radius 1 is 1.22 bits per heavy atom. The Kier molecular flexibility index (Phi) is 7.84. The number of thiophene rings is 1. The number of carbonyl (C=O) groups is 1. The number of rotatable bonds is 8. The van der Waals surface area contributed by atoms with Crippen LogP contribution in [0.4, 0.5) is 10.1 Å². The van der Waals surface area contributed by atoms with Crippen LogP contribution in [0.3, 0.4) is 0 Å². The number of hydrogen-bond acceptors (Lipinski definition) is 6. The number of halogens is 2. The van der Waals surface area contributed by atoms with Crippen molar-refractivity contribution in [2.45, 2.75) is 29.3 Å². The molecule has 0 saturated carbocycles. The van der Waals surface area contributed by atoms with Crippen LogP contribution in [-0.4, -0.2) is 51.1 Å². The van der Waals surface area contributed by atoms with Crippen molar-refractivity contribution in [1.82, 2.24) is 4.90 Å². The van der Waals surface area contributed by atoms with Gasteiger partial charge in [0.1, 0.15) is 4.21 Å². The Morgan fingerprint density at radius 2 is 1.92 bits per heavy atom. The first-order chi connectivity index (χ1) is 17.0. The van der Waals surface area contributed by atoms with Gasteiger partial charge in [-0.3, -0.25) is 9.69 Å². The number of nitrogens with zero attached hydrogens (tertiary/aromatic N) is 2. The van der Waals surface area contributed by atoms with Crippen molar-refractivity contribution in [3.8, 4) is 11.1 Å². The van der Waals surface area contributed by atoms with Crippen LogP contribution in [0.15, 0.2) is 58.8 Å². The molecule has 0 bridgehead atoms. The standard InChI is InChI=1S/C25H27ClFN3O4S2/c1-29(13-14-31)16-18-5-2-3-6-20(18)17-7-9-19(10-8-17)30-12-4-11-25(27,24(30)32)21-15-22(26)35-23(21)36(28,33)34/h2-3,5-10,15,31H,4,11-14,16H2,1H3,(H2,28,33,34). The Morgan fingerprint density at radius 3 is 2.58 bits per heavy atom. The number of likely N-dealkylation sites (N-methyl/N-ethyl adjacent to an activating group) is 1. The van der Waals surface area contributed by atoms with Crippen molar-refractivity contribution in [2.75, 3.05) is 31.6 Å². The summed E-state index contributed by atoms with van der Waals surface area (Å²) in [6, 6.07) is 16.4. The Balaban J connectivity index is 1.63. The normalized spacial score (nSPS) is 18.7. The monoisotopic (exact) mass is 551 g/mol. The number of primary sulfonamides is 1. The second-order valence-electron chi connectivity index (χ2n) is 8.82. The van der Waals surface area contributed by atoms with E-state index in [1.807, 2.05) is 48.3 Å². The number of alkyl halides is 1. The quantitative estimate of drug-likeness (QED) is 0.438. The van der Waals surface area contributed by atoms with E-state index >= 15 is 4.39 Å². The minimum atomic E-state index is -4.25. The highest BCUT2D eigenvalue weighted by Crippen LogP contribution is 2.45. The minimum Gasteiger partial charge on any atom is -0.395 e. The molecule has 192 valence electrons. The molecule has 1 saturated heterocycles. The average Bonchev–Trinajstić information content (AvgIpc) is 3.25. The van der Waals surface area contributed by atoms with Gasteiger partial charge in [-0.05, 0) is 54.8 Å². The van der Waals surface area contributed by atoms with Crippen molar-refractivity contribution in [1.29, 1.82) is 0 Å². The van der Waals surface area contributed by atoms with Gasteiger partial charge >= 0.3 is 0 Å². The Hall–Kier alpha value is -2.34. The number of hydrogen-bond donors (Lipinski definition) is 2. The number of aliphatic hydroxyl groups excluding tert-OH is 1. The van der Waals surface area contributed by atoms with Crippen molar-refractivity contribution >= 4 is 44.6 Å². The summed E-state index contributed by atoms with van der Waals surface area (Å²) in [7, 11) is -2.32. The molecule has 0 radical (unpaired) electrons. The Bertz CT molecular complexity index is 1360. The molecule has 1 fully saturated rings. The van der Waals surface area contributed by atoms with E-state index in [4.69, 9.17) is 16.7 Å². The first-order valence-corrected chi connectivity index (χ1v) is 14.1. The predicted octanol–water partition coefficient (Wildman–Crippen LogP) is 4.13. The highest BCUT2D eigenvalue weighted by atomic mass is 35.5. The number of amides is 1. The number of aliphatic hydroxyl groups is 1. The molecule has 2 aromatic carbocycles. The summed E-state index contributed by atoms with van der Waals surface area (Å²) < 4.78 is 39.9. The maximum atomic E-state index is 16.2. The van der Waals surface area contributed by atoms with Gasteiger partial charge in [-0.2, -0.15) is 0 Å². The zero-order valence-electron chi connectivity index (χ0n) is 19.7. The fourth-order valence-electron chi connectivity index (χ4n) is 4.53. The molecule has 1 aromatic heterocycles. The van der Waals surface area contributed by atoms with E-state index in [1.54, 1.807) is 12.1 Å². The molecule has 11 heteroatoms. The van der Waals surface area contributed by atoms with Crippen molar-refractivity contribution < 1.29 is 22.7 Å². The van der Waals surface area contributed by atoms with Crippen molar-refractivity contribution in [3.05, 3.63) is 70.1 Å². The van der Waals surface area contributed by atoms with Gasteiger partial charge in [0.15, 0.2) is 0 Å². The molecular weight excluding hydrogens is 525 g/mol. The highest BCUT2D eigenvalue weighted by Gasteiger charge is 2.49. The van der Waals surface area contributed by atoms with Crippen LogP contribution in [0.5, 0.6) is 0 Å². The van der Waals surface area contributed by atoms with E-state index < -0.39 is 25.8 Å². The predicted molar refractivity (Wildman–Crippen MR) is 140 cm³/mol. The zero-order valence-corrected chi connectivity index (χ0v) is 22.0. The molecule has 2 heterocycles. The number of anilines is 1.